The Morgan fingerprint density at radius 1 is 1.17 bits per heavy atom. The van der Waals surface area contributed by atoms with E-state index in [2.05, 4.69) is 0 Å². The maximum Gasteiger partial charge on any atom is 0.182 e. The third-order valence-corrected chi connectivity index (χ3v) is 4.22. The van der Waals surface area contributed by atoms with Crippen LogP contribution in [-0.2, 0) is 5.41 Å². The Hall–Kier alpha value is -1.48. The van der Waals surface area contributed by atoms with Gasteiger partial charge in [-0.25, -0.2) is 4.39 Å². The number of thiophene rings is 1. The molecule has 0 saturated heterocycles. The van der Waals surface area contributed by atoms with Crippen molar-refractivity contribution in [2.75, 3.05) is 0 Å². The molecule has 0 spiro atoms. The van der Waals surface area contributed by atoms with Crippen molar-refractivity contribution in [1.82, 2.24) is 0 Å². The number of hydrogen-bond donors (Lipinski definition) is 0. The number of rotatable bonds is 3. The van der Waals surface area contributed by atoms with Crippen LogP contribution in [0.3, 0.4) is 0 Å². The molecule has 0 saturated carbocycles. The molecule has 2 rings (SSSR count). The summed E-state index contributed by atoms with van der Waals surface area (Å²) in [5, 5.41) is 1.92. The summed E-state index contributed by atoms with van der Waals surface area (Å²) in [6, 6.07) is 8.09. The molecule has 0 aliphatic carbocycles. The minimum absolute atomic E-state index is 0.0848. The van der Waals surface area contributed by atoms with Crippen LogP contribution >= 0.6 is 11.3 Å². The third-order valence-electron chi connectivity index (χ3n) is 3.20. The monoisotopic (exact) mass is 262 g/mol. The van der Waals surface area contributed by atoms with E-state index >= 15 is 0 Å². The van der Waals surface area contributed by atoms with Gasteiger partial charge in [-0.05, 0) is 55.5 Å². The van der Waals surface area contributed by atoms with Gasteiger partial charge < -0.3 is 0 Å². The molecule has 1 heterocycles. The molecule has 2 aromatic rings. The summed E-state index contributed by atoms with van der Waals surface area (Å²) in [5.41, 5.74) is 1.20. The fourth-order valence-corrected chi connectivity index (χ4v) is 2.91. The number of halogens is 1. The SMILES string of the molecule is Cc1ccsc1C(=O)C(C)(C)c1ccc(F)cc1. The topological polar surface area (TPSA) is 17.1 Å². The zero-order chi connectivity index (χ0) is 13.3. The minimum atomic E-state index is -0.636. The first-order valence-corrected chi connectivity index (χ1v) is 6.66. The Morgan fingerprint density at radius 2 is 1.78 bits per heavy atom. The van der Waals surface area contributed by atoms with Crippen molar-refractivity contribution >= 4 is 17.1 Å². The predicted octanol–water partition coefficient (Wildman–Crippen LogP) is 4.36. The van der Waals surface area contributed by atoms with Gasteiger partial charge in [-0.1, -0.05) is 12.1 Å². The van der Waals surface area contributed by atoms with Gasteiger partial charge in [0.1, 0.15) is 5.82 Å². The van der Waals surface area contributed by atoms with Crippen molar-refractivity contribution in [1.29, 1.82) is 0 Å². The van der Waals surface area contributed by atoms with Crippen molar-refractivity contribution in [2.24, 2.45) is 0 Å². The number of carbonyl (C=O) groups is 1. The molecule has 0 atom stereocenters. The van der Waals surface area contributed by atoms with E-state index in [0.29, 0.717) is 0 Å². The molecular formula is C15H15FOS. The van der Waals surface area contributed by atoms with Crippen LogP contribution in [0, 0.1) is 12.7 Å². The van der Waals surface area contributed by atoms with E-state index in [1.807, 2.05) is 32.2 Å². The lowest BCUT2D eigenvalue weighted by Crippen LogP contribution is -2.28. The van der Waals surface area contributed by atoms with Crippen molar-refractivity contribution in [3.63, 3.8) is 0 Å². The highest BCUT2D eigenvalue weighted by molar-refractivity contribution is 7.12. The van der Waals surface area contributed by atoms with Crippen molar-refractivity contribution < 1.29 is 9.18 Å². The van der Waals surface area contributed by atoms with E-state index < -0.39 is 5.41 Å². The largest absolute Gasteiger partial charge is 0.292 e. The highest BCUT2D eigenvalue weighted by atomic mass is 32.1. The molecule has 0 N–H and O–H groups in total. The zero-order valence-corrected chi connectivity index (χ0v) is 11.5. The predicted molar refractivity (Wildman–Crippen MR) is 72.8 cm³/mol. The molecule has 0 bridgehead atoms. The van der Waals surface area contributed by atoms with Crippen molar-refractivity contribution in [2.45, 2.75) is 26.2 Å². The first-order valence-electron chi connectivity index (χ1n) is 5.78. The van der Waals surface area contributed by atoms with Crippen molar-refractivity contribution in [3.8, 4) is 0 Å². The lowest BCUT2D eigenvalue weighted by Gasteiger charge is -2.23. The van der Waals surface area contributed by atoms with Crippen LogP contribution in [0.25, 0.3) is 0 Å². The normalized spacial score (nSPS) is 11.6. The van der Waals surface area contributed by atoms with Crippen molar-refractivity contribution in [3.05, 3.63) is 57.5 Å². The summed E-state index contributed by atoms with van der Waals surface area (Å²) in [7, 11) is 0. The van der Waals surface area contributed by atoms with Gasteiger partial charge in [0.15, 0.2) is 5.78 Å². The number of hydrogen-bond acceptors (Lipinski definition) is 2. The fraction of sp³-hybridized carbons (Fsp3) is 0.267. The van der Waals surface area contributed by atoms with Crippen LogP contribution in [0.2, 0.25) is 0 Å². The first-order chi connectivity index (χ1) is 8.43. The zero-order valence-electron chi connectivity index (χ0n) is 10.7. The quantitative estimate of drug-likeness (QED) is 0.751. The smallest absolute Gasteiger partial charge is 0.182 e. The highest BCUT2D eigenvalue weighted by Gasteiger charge is 2.32. The molecule has 0 fully saturated rings. The number of Topliss-reactive ketones (excluding diaryl/α,β-unsaturated/α-hetero) is 1. The summed E-state index contributed by atoms with van der Waals surface area (Å²) < 4.78 is 12.9. The molecule has 1 aromatic heterocycles. The molecule has 18 heavy (non-hydrogen) atoms. The van der Waals surface area contributed by atoms with Crippen LogP contribution < -0.4 is 0 Å². The first kappa shape index (κ1) is 13.0. The summed E-state index contributed by atoms with van der Waals surface area (Å²) in [5.74, 6) is -0.198. The number of carbonyl (C=O) groups excluding carboxylic acids is 1. The summed E-state index contributed by atoms with van der Waals surface area (Å²) in [6.45, 7) is 5.69. The second-order valence-electron chi connectivity index (χ2n) is 4.89. The molecular weight excluding hydrogens is 247 g/mol. The van der Waals surface area contributed by atoms with E-state index in [0.717, 1.165) is 16.0 Å². The van der Waals surface area contributed by atoms with Crippen LogP contribution in [-0.4, -0.2) is 5.78 Å². The second kappa shape index (κ2) is 4.65. The fourth-order valence-electron chi connectivity index (χ4n) is 1.89. The standard InChI is InChI=1S/C15H15FOS/c1-10-8-9-18-13(10)14(17)15(2,3)11-4-6-12(16)7-5-11/h4-9H,1-3H3. The molecule has 0 aliphatic heterocycles. The van der Waals surface area contributed by atoms with Gasteiger partial charge in [0.25, 0.3) is 0 Å². The Balaban J connectivity index is 2.39. The summed E-state index contributed by atoms with van der Waals surface area (Å²) >= 11 is 1.46. The molecule has 3 heteroatoms. The van der Waals surface area contributed by atoms with Gasteiger partial charge in [-0.15, -0.1) is 11.3 Å². The van der Waals surface area contributed by atoms with Gasteiger partial charge in [-0.3, -0.25) is 4.79 Å². The van der Waals surface area contributed by atoms with Gasteiger partial charge in [0.2, 0.25) is 0 Å². The molecule has 0 aliphatic rings. The Kier molecular flexibility index (Phi) is 3.35. The van der Waals surface area contributed by atoms with Gasteiger partial charge in [-0.2, -0.15) is 0 Å². The third kappa shape index (κ3) is 2.23. The van der Waals surface area contributed by atoms with Gasteiger partial charge >= 0.3 is 0 Å². The molecule has 0 unspecified atom stereocenters. The lowest BCUT2D eigenvalue weighted by atomic mass is 9.79. The van der Waals surface area contributed by atoms with Gasteiger partial charge in [0, 0.05) is 0 Å². The van der Waals surface area contributed by atoms with E-state index in [1.165, 1.54) is 23.5 Å². The molecule has 1 aromatic carbocycles. The van der Waals surface area contributed by atoms with Crippen LogP contribution in [0.1, 0.15) is 34.6 Å². The number of ketones is 1. The van der Waals surface area contributed by atoms with E-state index in [4.69, 9.17) is 0 Å². The lowest BCUT2D eigenvalue weighted by molar-refractivity contribution is 0.0912. The maximum atomic E-state index is 12.9. The van der Waals surface area contributed by atoms with E-state index in [1.54, 1.807) is 12.1 Å². The average Bonchev–Trinajstić information content (AvgIpc) is 2.75. The maximum absolute atomic E-state index is 12.9. The van der Waals surface area contributed by atoms with Crippen LogP contribution in [0.4, 0.5) is 4.39 Å². The summed E-state index contributed by atoms with van der Waals surface area (Å²) in [6.07, 6.45) is 0. The minimum Gasteiger partial charge on any atom is -0.292 e. The van der Waals surface area contributed by atoms with E-state index in [-0.39, 0.29) is 11.6 Å². The van der Waals surface area contributed by atoms with Crippen LogP contribution in [0.15, 0.2) is 35.7 Å². The second-order valence-corrected chi connectivity index (χ2v) is 5.81. The van der Waals surface area contributed by atoms with E-state index in [9.17, 15) is 9.18 Å². The van der Waals surface area contributed by atoms with Crippen LogP contribution in [0.5, 0.6) is 0 Å². The average molecular weight is 262 g/mol. The number of aryl methyl sites for hydroxylation is 1. The number of benzene rings is 1. The Labute approximate surface area is 110 Å². The van der Waals surface area contributed by atoms with Gasteiger partial charge in [0.05, 0.1) is 10.3 Å². The Bertz CT molecular complexity index is 566. The molecule has 1 nitrogen and oxygen atoms in total. The summed E-state index contributed by atoms with van der Waals surface area (Å²) in [4.78, 5) is 13.3. The molecule has 0 amide bonds. The molecule has 94 valence electrons. The molecule has 0 radical (unpaired) electrons. The highest BCUT2D eigenvalue weighted by Crippen LogP contribution is 2.31. The Morgan fingerprint density at radius 3 is 2.28 bits per heavy atom.